The molecule has 2 rings (SSSR count). The van der Waals surface area contributed by atoms with Crippen molar-refractivity contribution in [3.05, 3.63) is 46.5 Å². The number of methoxy groups -OCH3 is 2. The molecular weight excluding hydrogens is 312 g/mol. The summed E-state index contributed by atoms with van der Waals surface area (Å²) >= 11 is 3.40. The number of nitrogens with zero attached hydrogens (tertiary/aromatic N) is 2. The monoisotopic (exact) mass is 324 g/mol. The standard InChI is InChI=1S/C13H13BrN2O3/c1-18-10-4-3-8(13(19-2)11(10)14)12(17)9-5-6-15-7-16-9/h3-7,12,17H,1-2H3. The minimum absolute atomic E-state index is 0.505. The van der Waals surface area contributed by atoms with Crippen molar-refractivity contribution in [2.45, 2.75) is 6.10 Å². The van der Waals surface area contributed by atoms with Crippen LogP contribution >= 0.6 is 15.9 Å². The third-order valence-corrected chi connectivity index (χ3v) is 3.45. The average Bonchev–Trinajstić information content (AvgIpc) is 2.47. The molecule has 1 aromatic heterocycles. The Hall–Kier alpha value is -1.66. The molecule has 5 nitrogen and oxygen atoms in total. The number of aromatic nitrogens is 2. The topological polar surface area (TPSA) is 64.5 Å². The molecular formula is C13H13BrN2O3. The molecule has 0 saturated carbocycles. The molecule has 0 aliphatic rings. The smallest absolute Gasteiger partial charge is 0.143 e. The van der Waals surface area contributed by atoms with Gasteiger partial charge in [-0.15, -0.1) is 0 Å². The maximum absolute atomic E-state index is 10.4. The predicted octanol–water partition coefficient (Wildman–Crippen LogP) is 2.34. The van der Waals surface area contributed by atoms with Crippen molar-refractivity contribution in [1.29, 1.82) is 0 Å². The Labute approximate surface area is 119 Å². The van der Waals surface area contributed by atoms with Crippen LogP contribution in [0.1, 0.15) is 17.4 Å². The molecule has 19 heavy (non-hydrogen) atoms. The highest BCUT2D eigenvalue weighted by Crippen LogP contribution is 2.40. The van der Waals surface area contributed by atoms with Crippen molar-refractivity contribution < 1.29 is 14.6 Å². The van der Waals surface area contributed by atoms with Crippen LogP contribution in [-0.2, 0) is 0 Å². The first-order valence-electron chi connectivity index (χ1n) is 5.53. The maximum atomic E-state index is 10.4. The van der Waals surface area contributed by atoms with Gasteiger partial charge in [0.1, 0.15) is 28.4 Å². The number of aliphatic hydroxyl groups is 1. The van der Waals surface area contributed by atoms with E-state index in [1.54, 1.807) is 31.5 Å². The Morgan fingerprint density at radius 1 is 1.21 bits per heavy atom. The molecule has 0 saturated heterocycles. The zero-order valence-corrected chi connectivity index (χ0v) is 12.1. The van der Waals surface area contributed by atoms with Gasteiger partial charge < -0.3 is 14.6 Å². The van der Waals surface area contributed by atoms with Gasteiger partial charge >= 0.3 is 0 Å². The molecule has 0 spiro atoms. The normalized spacial score (nSPS) is 12.0. The van der Waals surface area contributed by atoms with Crippen LogP contribution in [0.25, 0.3) is 0 Å². The lowest BCUT2D eigenvalue weighted by molar-refractivity contribution is 0.209. The van der Waals surface area contributed by atoms with Crippen LogP contribution in [0.3, 0.4) is 0 Å². The number of hydrogen-bond donors (Lipinski definition) is 1. The average molecular weight is 325 g/mol. The van der Waals surface area contributed by atoms with Crippen LogP contribution in [0.2, 0.25) is 0 Å². The Morgan fingerprint density at radius 3 is 2.58 bits per heavy atom. The van der Waals surface area contributed by atoms with Crippen LogP contribution in [0, 0.1) is 0 Å². The second-order valence-corrected chi connectivity index (χ2v) is 4.53. The number of benzene rings is 1. The molecule has 2 aromatic rings. The Morgan fingerprint density at radius 2 is 2.00 bits per heavy atom. The number of halogens is 1. The number of aliphatic hydroxyl groups excluding tert-OH is 1. The fourth-order valence-electron chi connectivity index (χ4n) is 1.76. The van der Waals surface area contributed by atoms with E-state index in [-0.39, 0.29) is 0 Å². The zero-order valence-electron chi connectivity index (χ0n) is 10.5. The summed E-state index contributed by atoms with van der Waals surface area (Å²) in [5.41, 5.74) is 1.11. The fourth-order valence-corrected chi connectivity index (χ4v) is 2.44. The van der Waals surface area contributed by atoms with E-state index in [0.717, 1.165) is 0 Å². The van der Waals surface area contributed by atoms with Crippen LogP contribution in [0.15, 0.2) is 35.2 Å². The maximum Gasteiger partial charge on any atom is 0.143 e. The van der Waals surface area contributed by atoms with E-state index in [0.29, 0.717) is 27.2 Å². The first kappa shape index (κ1) is 13.8. The van der Waals surface area contributed by atoms with Gasteiger partial charge in [-0.3, -0.25) is 0 Å². The van der Waals surface area contributed by atoms with Crippen molar-refractivity contribution in [3.8, 4) is 11.5 Å². The lowest BCUT2D eigenvalue weighted by Gasteiger charge is -2.17. The highest BCUT2D eigenvalue weighted by molar-refractivity contribution is 9.10. The van der Waals surface area contributed by atoms with Crippen LogP contribution < -0.4 is 9.47 Å². The number of rotatable bonds is 4. The molecule has 0 bridgehead atoms. The van der Waals surface area contributed by atoms with Crippen molar-refractivity contribution in [3.63, 3.8) is 0 Å². The van der Waals surface area contributed by atoms with Gasteiger partial charge in [0.15, 0.2) is 0 Å². The van der Waals surface area contributed by atoms with E-state index < -0.39 is 6.10 Å². The first-order chi connectivity index (χ1) is 9.19. The summed E-state index contributed by atoms with van der Waals surface area (Å²) in [6.07, 6.45) is 2.08. The summed E-state index contributed by atoms with van der Waals surface area (Å²) in [5.74, 6) is 1.15. The molecule has 1 N–H and O–H groups in total. The van der Waals surface area contributed by atoms with E-state index in [9.17, 15) is 5.11 Å². The highest BCUT2D eigenvalue weighted by Gasteiger charge is 2.20. The van der Waals surface area contributed by atoms with Gasteiger partial charge in [-0.2, -0.15) is 0 Å². The molecule has 1 atom stereocenters. The van der Waals surface area contributed by atoms with Gasteiger partial charge in [-0.25, -0.2) is 9.97 Å². The minimum Gasteiger partial charge on any atom is -0.495 e. The van der Waals surface area contributed by atoms with E-state index in [1.165, 1.54) is 13.4 Å². The second kappa shape index (κ2) is 5.99. The SMILES string of the molecule is COc1ccc(C(O)c2ccncn2)c(OC)c1Br. The first-order valence-corrected chi connectivity index (χ1v) is 6.32. The number of hydrogen-bond acceptors (Lipinski definition) is 5. The van der Waals surface area contributed by atoms with Crippen LogP contribution in [0.5, 0.6) is 11.5 Å². The molecule has 0 amide bonds. The van der Waals surface area contributed by atoms with Crippen molar-refractivity contribution in [1.82, 2.24) is 9.97 Å². The lowest BCUT2D eigenvalue weighted by Crippen LogP contribution is -2.05. The molecule has 100 valence electrons. The van der Waals surface area contributed by atoms with Crippen molar-refractivity contribution >= 4 is 15.9 Å². The molecule has 0 aliphatic heterocycles. The Bertz CT molecular complexity index is 563. The third kappa shape index (κ3) is 2.69. The summed E-state index contributed by atoms with van der Waals surface area (Å²) in [6, 6.07) is 5.16. The zero-order chi connectivity index (χ0) is 13.8. The summed E-state index contributed by atoms with van der Waals surface area (Å²) in [5, 5.41) is 10.4. The third-order valence-electron chi connectivity index (χ3n) is 2.70. The Kier molecular flexibility index (Phi) is 4.34. The Balaban J connectivity index is 2.48. The van der Waals surface area contributed by atoms with Gasteiger partial charge in [0.2, 0.25) is 0 Å². The van der Waals surface area contributed by atoms with Crippen molar-refractivity contribution in [2.24, 2.45) is 0 Å². The van der Waals surface area contributed by atoms with E-state index in [4.69, 9.17) is 9.47 Å². The van der Waals surface area contributed by atoms with Gasteiger partial charge in [0.05, 0.1) is 19.9 Å². The lowest BCUT2D eigenvalue weighted by atomic mass is 10.0. The van der Waals surface area contributed by atoms with Crippen LogP contribution in [-0.4, -0.2) is 29.3 Å². The molecule has 6 heteroatoms. The largest absolute Gasteiger partial charge is 0.495 e. The minimum atomic E-state index is -0.889. The van der Waals surface area contributed by atoms with Crippen LogP contribution in [0.4, 0.5) is 0 Å². The summed E-state index contributed by atoms with van der Waals surface area (Å²) in [6.45, 7) is 0. The molecule has 1 aromatic carbocycles. The number of ether oxygens (including phenoxy) is 2. The summed E-state index contributed by atoms with van der Waals surface area (Å²) < 4.78 is 11.2. The fraction of sp³-hybridized carbons (Fsp3) is 0.231. The highest BCUT2D eigenvalue weighted by atomic mass is 79.9. The molecule has 1 heterocycles. The van der Waals surface area contributed by atoms with Gasteiger partial charge in [-0.1, -0.05) is 0 Å². The molecule has 0 radical (unpaired) electrons. The van der Waals surface area contributed by atoms with E-state index >= 15 is 0 Å². The van der Waals surface area contributed by atoms with E-state index in [1.807, 2.05) is 0 Å². The van der Waals surface area contributed by atoms with E-state index in [2.05, 4.69) is 25.9 Å². The molecule has 0 fully saturated rings. The van der Waals surface area contributed by atoms with Gasteiger partial charge in [-0.05, 0) is 34.1 Å². The molecule has 1 unspecified atom stereocenters. The second-order valence-electron chi connectivity index (χ2n) is 3.74. The van der Waals surface area contributed by atoms with Crippen molar-refractivity contribution in [2.75, 3.05) is 14.2 Å². The molecule has 0 aliphatic carbocycles. The quantitative estimate of drug-likeness (QED) is 0.935. The van der Waals surface area contributed by atoms with Gasteiger partial charge in [0, 0.05) is 11.8 Å². The van der Waals surface area contributed by atoms with Gasteiger partial charge in [0.25, 0.3) is 0 Å². The predicted molar refractivity (Wildman–Crippen MR) is 73.3 cm³/mol. The summed E-state index contributed by atoms with van der Waals surface area (Å²) in [4.78, 5) is 7.87. The summed E-state index contributed by atoms with van der Waals surface area (Å²) in [7, 11) is 3.11.